The highest BCUT2D eigenvalue weighted by atomic mass is 16.2. The molecule has 1 unspecified atom stereocenters. The molecule has 1 fully saturated rings. The molecule has 0 bridgehead atoms. The number of carbonyl (C=O) groups is 1. The topological polar surface area (TPSA) is 80.1 Å². The smallest absolute Gasteiger partial charge is 0.275 e. The molecule has 1 aliphatic heterocycles. The number of pyridine rings is 1. The Bertz CT molecular complexity index is 1060. The first kappa shape index (κ1) is 18.3. The van der Waals surface area contributed by atoms with Gasteiger partial charge in [0.15, 0.2) is 5.69 Å². The van der Waals surface area contributed by atoms with Crippen molar-refractivity contribution >= 4 is 16.7 Å². The first-order valence-corrected chi connectivity index (χ1v) is 9.51. The van der Waals surface area contributed by atoms with Crippen LogP contribution in [0.3, 0.4) is 0 Å². The highest BCUT2D eigenvalue weighted by Crippen LogP contribution is 2.25. The summed E-state index contributed by atoms with van der Waals surface area (Å²) in [5.41, 5.74) is 1.12. The van der Waals surface area contributed by atoms with E-state index in [1.807, 2.05) is 43.0 Å². The number of amides is 1. The van der Waals surface area contributed by atoms with Crippen LogP contribution in [0.25, 0.3) is 10.8 Å². The number of carbonyl (C=O) groups excluding carboxylic acids is 1. The summed E-state index contributed by atoms with van der Waals surface area (Å²) in [6.45, 7) is 5.71. The van der Waals surface area contributed by atoms with Crippen LogP contribution >= 0.6 is 0 Å². The SMILES string of the molecule is CC(C)n1nc(C(=O)N2CCNCC2c2cccnc2)c2ccccc2c1=O. The molecule has 3 heterocycles. The molecule has 1 atom stereocenters. The maximum absolute atomic E-state index is 13.6. The summed E-state index contributed by atoms with van der Waals surface area (Å²) in [7, 11) is 0. The van der Waals surface area contributed by atoms with Gasteiger partial charge in [-0.1, -0.05) is 24.3 Å². The van der Waals surface area contributed by atoms with Crippen molar-refractivity contribution in [2.45, 2.75) is 25.9 Å². The fraction of sp³-hybridized carbons (Fsp3) is 0.333. The number of hydrogen-bond acceptors (Lipinski definition) is 5. The van der Waals surface area contributed by atoms with Crippen LogP contribution in [0.15, 0.2) is 53.6 Å². The monoisotopic (exact) mass is 377 g/mol. The van der Waals surface area contributed by atoms with E-state index < -0.39 is 0 Å². The number of nitrogens with zero attached hydrogens (tertiary/aromatic N) is 4. The van der Waals surface area contributed by atoms with E-state index in [0.29, 0.717) is 36.1 Å². The van der Waals surface area contributed by atoms with E-state index in [1.165, 1.54) is 4.68 Å². The summed E-state index contributed by atoms with van der Waals surface area (Å²) >= 11 is 0. The largest absolute Gasteiger partial charge is 0.328 e. The van der Waals surface area contributed by atoms with E-state index >= 15 is 0 Å². The fourth-order valence-corrected chi connectivity index (χ4v) is 3.67. The molecule has 0 aliphatic carbocycles. The summed E-state index contributed by atoms with van der Waals surface area (Å²) < 4.78 is 1.40. The predicted molar refractivity (Wildman–Crippen MR) is 107 cm³/mol. The zero-order valence-corrected chi connectivity index (χ0v) is 16.0. The van der Waals surface area contributed by atoms with Crippen LogP contribution in [-0.4, -0.2) is 45.2 Å². The maximum Gasteiger partial charge on any atom is 0.275 e. The van der Waals surface area contributed by atoms with Gasteiger partial charge in [0.2, 0.25) is 0 Å². The van der Waals surface area contributed by atoms with Crippen LogP contribution < -0.4 is 10.9 Å². The van der Waals surface area contributed by atoms with Crippen molar-refractivity contribution in [1.82, 2.24) is 25.0 Å². The molecule has 3 aromatic rings. The molecule has 1 saturated heterocycles. The van der Waals surface area contributed by atoms with E-state index in [-0.39, 0.29) is 23.6 Å². The lowest BCUT2D eigenvalue weighted by Gasteiger charge is -2.36. The normalized spacial score (nSPS) is 17.2. The van der Waals surface area contributed by atoms with Gasteiger partial charge in [0.1, 0.15) is 0 Å². The molecule has 4 rings (SSSR count). The van der Waals surface area contributed by atoms with Gasteiger partial charge in [-0.05, 0) is 31.5 Å². The Labute approximate surface area is 163 Å². The summed E-state index contributed by atoms with van der Waals surface area (Å²) in [6.07, 6.45) is 3.51. The van der Waals surface area contributed by atoms with Crippen molar-refractivity contribution < 1.29 is 4.79 Å². The molecule has 0 spiro atoms. The lowest BCUT2D eigenvalue weighted by Crippen LogP contribution is -2.49. The van der Waals surface area contributed by atoms with Gasteiger partial charge < -0.3 is 10.2 Å². The molecule has 1 aliphatic rings. The van der Waals surface area contributed by atoms with E-state index in [0.717, 1.165) is 5.56 Å². The minimum atomic E-state index is -0.175. The summed E-state index contributed by atoms with van der Waals surface area (Å²) in [5.74, 6) is -0.166. The number of hydrogen-bond donors (Lipinski definition) is 1. The van der Waals surface area contributed by atoms with E-state index in [1.54, 1.807) is 24.5 Å². The standard InChI is InChI=1S/C21H23N5O2/c1-14(2)26-20(27)17-8-4-3-7-16(17)19(24-26)21(28)25-11-10-23-13-18(25)15-6-5-9-22-12-15/h3-9,12,14,18,23H,10-11,13H2,1-2H3. The second-order valence-corrected chi connectivity index (χ2v) is 7.24. The Kier molecular flexibility index (Phi) is 4.92. The average molecular weight is 377 g/mol. The summed E-state index contributed by atoms with van der Waals surface area (Å²) in [5, 5.41) is 8.94. The number of aromatic nitrogens is 3. The van der Waals surface area contributed by atoms with Gasteiger partial charge >= 0.3 is 0 Å². The van der Waals surface area contributed by atoms with Crippen LogP contribution in [-0.2, 0) is 0 Å². The predicted octanol–water partition coefficient (Wildman–Crippen LogP) is 2.16. The van der Waals surface area contributed by atoms with Gasteiger partial charge in [-0.25, -0.2) is 4.68 Å². The Morgan fingerprint density at radius 1 is 1.18 bits per heavy atom. The highest BCUT2D eigenvalue weighted by molar-refractivity contribution is 6.05. The Morgan fingerprint density at radius 3 is 2.68 bits per heavy atom. The molecule has 1 amide bonds. The molecule has 0 radical (unpaired) electrons. The lowest BCUT2D eigenvalue weighted by molar-refractivity contribution is 0.0627. The van der Waals surface area contributed by atoms with Crippen molar-refractivity contribution in [3.63, 3.8) is 0 Å². The van der Waals surface area contributed by atoms with Crippen LogP contribution in [0, 0.1) is 0 Å². The number of piperazine rings is 1. The number of fused-ring (bicyclic) bond motifs is 1. The van der Waals surface area contributed by atoms with Crippen LogP contribution in [0.4, 0.5) is 0 Å². The van der Waals surface area contributed by atoms with Crippen LogP contribution in [0.2, 0.25) is 0 Å². The third-order valence-corrected chi connectivity index (χ3v) is 5.09. The van der Waals surface area contributed by atoms with Crippen molar-refractivity contribution in [1.29, 1.82) is 0 Å². The molecule has 144 valence electrons. The van der Waals surface area contributed by atoms with Crippen LogP contribution in [0.5, 0.6) is 0 Å². The summed E-state index contributed by atoms with van der Waals surface area (Å²) in [4.78, 5) is 32.4. The zero-order chi connectivity index (χ0) is 19.7. The molecule has 1 aromatic carbocycles. The van der Waals surface area contributed by atoms with Gasteiger partial charge in [-0.15, -0.1) is 0 Å². The highest BCUT2D eigenvalue weighted by Gasteiger charge is 2.31. The zero-order valence-electron chi connectivity index (χ0n) is 16.0. The first-order chi connectivity index (χ1) is 13.6. The van der Waals surface area contributed by atoms with Gasteiger partial charge in [0.05, 0.1) is 17.5 Å². The Hall–Kier alpha value is -3.06. The molecule has 2 aromatic heterocycles. The third kappa shape index (κ3) is 3.18. The number of rotatable bonds is 3. The molecule has 7 heteroatoms. The van der Waals surface area contributed by atoms with E-state index in [2.05, 4.69) is 15.4 Å². The van der Waals surface area contributed by atoms with Gasteiger partial charge in [0.25, 0.3) is 11.5 Å². The molecule has 1 N–H and O–H groups in total. The van der Waals surface area contributed by atoms with Crippen molar-refractivity contribution in [2.24, 2.45) is 0 Å². The Balaban J connectivity index is 1.84. The third-order valence-electron chi connectivity index (χ3n) is 5.09. The number of nitrogens with one attached hydrogen (secondary N) is 1. The van der Waals surface area contributed by atoms with Gasteiger partial charge in [-0.3, -0.25) is 14.6 Å². The van der Waals surface area contributed by atoms with Gasteiger partial charge in [0, 0.05) is 37.4 Å². The maximum atomic E-state index is 13.6. The second-order valence-electron chi connectivity index (χ2n) is 7.24. The molecule has 7 nitrogen and oxygen atoms in total. The molecule has 0 saturated carbocycles. The molecule has 28 heavy (non-hydrogen) atoms. The first-order valence-electron chi connectivity index (χ1n) is 9.51. The van der Waals surface area contributed by atoms with E-state index in [9.17, 15) is 9.59 Å². The average Bonchev–Trinajstić information content (AvgIpc) is 2.74. The quantitative estimate of drug-likeness (QED) is 0.757. The number of benzene rings is 1. The second kappa shape index (κ2) is 7.52. The minimum absolute atomic E-state index is 0.130. The fourth-order valence-electron chi connectivity index (χ4n) is 3.67. The van der Waals surface area contributed by atoms with E-state index in [4.69, 9.17) is 0 Å². The summed E-state index contributed by atoms with van der Waals surface area (Å²) in [6, 6.07) is 10.8. The van der Waals surface area contributed by atoms with Gasteiger partial charge in [-0.2, -0.15) is 5.10 Å². The molecular weight excluding hydrogens is 354 g/mol. The van der Waals surface area contributed by atoms with Crippen LogP contribution in [0.1, 0.15) is 42.0 Å². The van der Waals surface area contributed by atoms with Crippen molar-refractivity contribution in [3.05, 3.63) is 70.4 Å². The molecular formula is C21H23N5O2. The van der Waals surface area contributed by atoms with Crippen molar-refractivity contribution in [3.8, 4) is 0 Å². The lowest BCUT2D eigenvalue weighted by atomic mass is 10.0. The van der Waals surface area contributed by atoms with Crippen molar-refractivity contribution in [2.75, 3.05) is 19.6 Å². The minimum Gasteiger partial charge on any atom is -0.328 e. The Morgan fingerprint density at radius 2 is 1.96 bits per heavy atom.